The van der Waals surface area contributed by atoms with Crippen molar-refractivity contribution in [2.24, 2.45) is 0 Å². The molecule has 0 N–H and O–H groups in total. The molecule has 232 valence electrons. The zero-order valence-corrected chi connectivity index (χ0v) is 25.6. The Kier molecular flexibility index (Phi) is 26.2. The molecule has 0 aliphatic carbocycles. The van der Waals surface area contributed by atoms with E-state index in [9.17, 15) is 4.79 Å². The Balaban J connectivity index is 1.80. The molecule has 7 heteroatoms. The molecule has 0 unspecified atom stereocenters. The van der Waals surface area contributed by atoms with Crippen LogP contribution in [-0.2, 0) is 34.9 Å². The van der Waals surface area contributed by atoms with Crippen LogP contribution < -0.4 is 4.74 Å². The van der Waals surface area contributed by atoms with Crippen molar-refractivity contribution in [1.82, 2.24) is 0 Å². The van der Waals surface area contributed by atoms with Crippen LogP contribution in [0.4, 0.5) is 0 Å². The van der Waals surface area contributed by atoms with Crippen molar-refractivity contribution in [3.63, 3.8) is 0 Å². The number of hydrogen-bond acceptors (Lipinski definition) is 7. The molecule has 0 aliphatic rings. The summed E-state index contributed by atoms with van der Waals surface area (Å²) in [5.41, 5.74) is 1.38. The van der Waals surface area contributed by atoms with Crippen molar-refractivity contribution in [2.75, 3.05) is 66.1 Å². The number of carbonyl (C=O) groups excluding carboxylic acids is 1. The predicted molar refractivity (Wildman–Crippen MR) is 161 cm³/mol. The van der Waals surface area contributed by atoms with Crippen molar-refractivity contribution in [1.29, 1.82) is 0 Å². The second kappa shape index (κ2) is 28.8. The van der Waals surface area contributed by atoms with Crippen LogP contribution in [0.1, 0.15) is 103 Å². The minimum Gasteiger partial charge on any atom is -0.491 e. The number of carbonyl (C=O) groups is 1. The average molecular weight is 567 g/mol. The van der Waals surface area contributed by atoms with E-state index in [0.717, 1.165) is 25.0 Å². The molecule has 0 amide bonds. The monoisotopic (exact) mass is 566 g/mol. The quantitative estimate of drug-likeness (QED) is 0.0713. The van der Waals surface area contributed by atoms with Gasteiger partial charge in [-0.2, -0.15) is 0 Å². The molecule has 0 saturated heterocycles. The lowest BCUT2D eigenvalue weighted by molar-refractivity contribution is -0.145. The number of rotatable bonds is 30. The van der Waals surface area contributed by atoms with Crippen LogP contribution in [0.15, 0.2) is 24.3 Å². The third-order valence-electron chi connectivity index (χ3n) is 6.58. The van der Waals surface area contributed by atoms with Gasteiger partial charge < -0.3 is 28.4 Å². The lowest BCUT2D eigenvalue weighted by atomic mass is 10.0. The van der Waals surface area contributed by atoms with E-state index in [4.69, 9.17) is 28.4 Å². The van der Waals surface area contributed by atoms with Crippen LogP contribution in [0.3, 0.4) is 0 Å². The molecule has 1 aromatic carbocycles. The maximum Gasteiger partial charge on any atom is 0.305 e. The molecular formula is C33H58O7. The van der Waals surface area contributed by atoms with Gasteiger partial charge in [0.15, 0.2) is 0 Å². The van der Waals surface area contributed by atoms with Crippen molar-refractivity contribution >= 4 is 5.97 Å². The van der Waals surface area contributed by atoms with Gasteiger partial charge in [-0.25, -0.2) is 0 Å². The molecule has 0 atom stereocenters. The van der Waals surface area contributed by atoms with Gasteiger partial charge in [0.1, 0.15) is 19.0 Å². The minimum atomic E-state index is -0.135. The molecule has 0 aromatic heterocycles. The second-order valence-corrected chi connectivity index (χ2v) is 10.2. The third-order valence-corrected chi connectivity index (χ3v) is 6.58. The summed E-state index contributed by atoms with van der Waals surface area (Å²) in [6.45, 7) is 9.23. The van der Waals surface area contributed by atoms with Gasteiger partial charge in [-0.3, -0.25) is 4.79 Å². The first-order chi connectivity index (χ1) is 19.8. The van der Waals surface area contributed by atoms with Crippen molar-refractivity contribution in [3.8, 4) is 5.75 Å². The Morgan fingerprint density at radius 3 is 1.52 bits per heavy atom. The zero-order valence-electron chi connectivity index (χ0n) is 25.6. The molecule has 0 heterocycles. The number of esters is 1. The Bertz CT molecular complexity index is 665. The number of aryl methyl sites for hydroxylation is 1. The molecule has 0 spiro atoms. The van der Waals surface area contributed by atoms with Gasteiger partial charge in [-0.1, -0.05) is 90.2 Å². The Morgan fingerprint density at radius 1 is 0.525 bits per heavy atom. The van der Waals surface area contributed by atoms with E-state index >= 15 is 0 Å². The van der Waals surface area contributed by atoms with Crippen LogP contribution in [0, 0.1) is 0 Å². The molecule has 0 radical (unpaired) electrons. The fourth-order valence-electron chi connectivity index (χ4n) is 4.18. The summed E-state index contributed by atoms with van der Waals surface area (Å²) in [7, 11) is 0. The smallest absolute Gasteiger partial charge is 0.305 e. The fourth-order valence-corrected chi connectivity index (χ4v) is 4.18. The first kappa shape index (κ1) is 36.4. The van der Waals surface area contributed by atoms with Crippen LogP contribution in [0.2, 0.25) is 0 Å². The Morgan fingerprint density at radius 2 is 0.975 bits per heavy atom. The number of unbranched alkanes of at least 4 members (excludes halogenated alkanes) is 10. The van der Waals surface area contributed by atoms with Gasteiger partial charge in [0.05, 0.1) is 52.9 Å². The molecule has 0 bridgehead atoms. The molecule has 7 nitrogen and oxygen atoms in total. The highest BCUT2D eigenvalue weighted by Crippen LogP contribution is 2.15. The standard InChI is InChI=1S/C33H58O7/c1-3-5-7-9-10-12-13-15-31-17-19-32(20-18-31)39-29-27-37-25-23-35-21-22-36-24-26-38-28-30-40-33(34)16-14-11-8-6-4-2/h17-20H,3-16,21-30H2,1-2H3. The highest BCUT2D eigenvalue weighted by molar-refractivity contribution is 5.69. The highest BCUT2D eigenvalue weighted by atomic mass is 16.6. The van der Waals surface area contributed by atoms with E-state index in [1.165, 1.54) is 69.8 Å². The van der Waals surface area contributed by atoms with Gasteiger partial charge in [0.25, 0.3) is 0 Å². The largest absolute Gasteiger partial charge is 0.491 e. The van der Waals surface area contributed by atoms with Crippen LogP contribution in [0.5, 0.6) is 5.75 Å². The van der Waals surface area contributed by atoms with E-state index in [-0.39, 0.29) is 5.97 Å². The van der Waals surface area contributed by atoms with Gasteiger partial charge in [0.2, 0.25) is 0 Å². The molecular weight excluding hydrogens is 508 g/mol. The minimum absolute atomic E-state index is 0.135. The summed E-state index contributed by atoms with van der Waals surface area (Å²) in [6.07, 6.45) is 16.7. The summed E-state index contributed by atoms with van der Waals surface area (Å²) in [5.74, 6) is 0.752. The van der Waals surface area contributed by atoms with Crippen molar-refractivity contribution < 1.29 is 33.2 Å². The molecule has 40 heavy (non-hydrogen) atoms. The van der Waals surface area contributed by atoms with E-state index in [0.29, 0.717) is 72.5 Å². The summed E-state index contributed by atoms with van der Waals surface area (Å²) in [6, 6.07) is 8.45. The molecule has 1 aromatic rings. The van der Waals surface area contributed by atoms with Gasteiger partial charge in [0, 0.05) is 6.42 Å². The van der Waals surface area contributed by atoms with E-state index < -0.39 is 0 Å². The van der Waals surface area contributed by atoms with E-state index in [1.807, 2.05) is 0 Å². The molecule has 1 rings (SSSR count). The number of benzene rings is 1. The lowest BCUT2D eigenvalue weighted by Crippen LogP contribution is -2.15. The molecule has 0 fully saturated rings. The number of hydrogen-bond donors (Lipinski definition) is 0. The molecule has 0 aliphatic heterocycles. The predicted octanol–water partition coefficient (Wildman–Crippen LogP) is 7.33. The SMILES string of the molecule is CCCCCCCCCc1ccc(OCCOCCOCCOCCOCCOC(=O)CCCCCCC)cc1. The summed E-state index contributed by atoms with van der Waals surface area (Å²) >= 11 is 0. The van der Waals surface area contributed by atoms with Gasteiger partial charge in [-0.05, 0) is 37.0 Å². The highest BCUT2D eigenvalue weighted by Gasteiger charge is 2.02. The van der Waals surface area contributed by atoms with E-state index in [1.54, 1.807) is 0 Å². The lowest BCUT2D eigenvalue weighted by Gasteiger charge is -2.09. The topological polar surface area (TPSA) is 72.5 Å². The summed E-state index contributed by atoms with van der Waals surface area (Å²) in [5, 5.41) is 0. The zero-order chi connectivity index (χ0) is 28.8. The van der Waals surface area contributed by atoms with Crippen molar-refractivity contribution in [3.05, 3.63) is 29.8 Å². The van der Waals surface area contributed by atoms with Crippen LogP contribution in [0.25, 0.3) is 0 Å². The average Bonchev–Trinajstić information content (AvgIpc) is 2.97. The maximum atomic E-state index is 11.6. The maximum absolute atomic E-state index is 11.6. The van der Waals surface area contributed by atoms with E-state index in [2.05, 4.69) is 38.1 Å². The first-order valence-corrected chi connectivity index (χ1v) is 15.9. The third kappa shape index (κ3) is 24.2. The Hall–Kier alpha value is -1.67. The number of ether oxygens (including phenoxy) is 6. The van der Waals surface area contributed by atoms with Gasteiger partial charge in [-0.15, -0.1) is 0 Å². The summed E-state index contributed by atoms with van der Waals surface area (Å²) < 4.78 is 32.9. The second-order valence-electron chi connectivity index (χ2n) is 10.2. The van der Waals surface area contributed by atoms with Crippen molar-refractivity contribution in [2.45, 2.75) is 104 Å². The normalized spacial score (nSPS) is 11.2. The van der Waals surface area contributed by atoms with Gasteiger partial charge >= 0.3 is 5.97 Å². The first-order valence-electron chi connectivity index (χ1n) is 15.9. The molecule has 0 saturated carbocycles. The Labute approximate surface area is 244 Å². The van der Waals surface area contributed by atoms with Crippen LogP contribution in [-0.4, -0.2) is 72.0 Å². The fraction of sp³-hybridized carbons (Fsp3) is 0.788. The summed E-state index contributed by atoms with van der Waals surface area (Å²) in [4.78, 5) is 11.6. The van der Waals surface area contributed by atoms with Crippen LogP contribution >= 0.6 is 0 Å².